The number of aromatic nitrogens is 3. The number of benzene rings is 3. The van der Waals surface area contributed by atoms with Crippen molar-refractivity contribution < 1.29 is 9.59 Å². The molecule has 7 nitrogen and oxygen atoms in total. The third kappa shape index (κ3) is 4.47. The molecule has 0 saturated carbocycles. The highest BCUT2D eigenvalue weighted by Crippen LogP contribution is 2.15. The summed E-state index contributed by atoms with van der Waals surface area (Å²) in [4.78, 5) is 28.4. The molecule has 0 aliphatic heterocycles. The lowest BCUT2D eigenvalue weighted by Crippen LogP contribution is -2.27. The van der Waals surface area contributed by atoms with Crippen molar-refractivity contribution in [2.24, 2.45) is 0 Å². The summed E-state index contributed by atoms with van der Waals surface area (Å²) in [6, 6.07) is 20.7. The molecule has 2 N–H and O–H groups in total. The molecule has 29 heavy (non-hydrogen) atoms. The number of carbonyl (C=O) groups excluding carboxylic acids is 2. The number of anilines is 1. The molecular formula is C22H19N5O2. The maximum Gasteiger partial charge on any atom is 0.251 e. The van der Waals surface area contributed by atoms with Crippen molar-refractivity contribution in [2.75, 3.05) is 11.9 Å². The highest BCUT2D eigenvalue weighted by molar-refractivity contribution is 5.99. The lowest BCUT2D eigenvalue weighted by Gasteiger charge is -2.08. The van der Waals surface area contributed by atoms with E-state index in [1.165, 1.54) is 6.33 Å². The number of hydrogen-bond acceptors (Lipinski definition) is 4. The molecule has 7 heteroatoms. The summed E-state index contributed by atoms with van der Waals surface area (Å²) in [5.74, 6) is -0.363. The zero-order valence-electron chi connectivity index (χ0n) is 15.6. The maximum absolute atomic E-state index is 12.3. The predicted molar refractivity (Wildman–Crippen MR) is 111 cm³/mol. The third-order valence-electron chi connectivity index (χ3n) is 4.48. The zero-order valence-corrected chi connectivity index (χ0v) is 15.6. The molecule has 0 saturated heterocycles. The van der Waals surface area contributed by atoms with Gasteiger partial charge in [-0.1, -0.05) is 30.3 Å². The molecule has 4 aromatic rings. The Bertz CT molecular complexity index is 1140. The first-order valence-corrected chi connectivity index (χ1v) is 9.21. The standard InChI is InChI=1S/C22H19N5O2/c28-21(26-19-7-9-20(10-8-19)27-15-23-14-25-27)11-12-24-22(29)18-6-5-16-3-1-2-4-17(16)13-18/h1-10,13-15H,11-12H2,(H,24,29)(H,26,28). The quantitative estimate of drug-likeness (QED) is 0.533. The Morgan fingerprint density at radius 2 is 1.72 bits per heavy atom. The molecule has 0 atom stereocenters. The maximum atomic E-state index is 12.3. The van der Waals surface area contributed by atoms with Crippen molar-refractivity contribution in [3.8, 4) is 5.69 Å². The van der Waals surface area contributed by atoms with E-state index in [1.807, 2.05) is 48.5 Å². The molecule has 4 rings (SSSR count). The van der Waals surface area contributed by atoms with Crippen molar-refractivity contribution >= 4 is 28.3 Å². The molecule has 144 valence electrons. The SMILES string of the molecule is O=C(CCNC(=O)c1ccc2ccccc2c1)Nc1ccc(-n2cncn2)cc1. The molecule has 0 spiro atoms. The van der Waals surface area contributed by atoms with E-state index in [4.69, 9.17) is 0 Å². The van der Waals surface area contributed by atoms with E-state index in [0.29, 0.717) is 11.3 Å². The average Bonchev–Trinajstić information content (AvgIpc) is 3.29. The van der Waals surface area contributed by atoms with Crippen LogP contribution in [-0.2, 0) is 4.79 Å². The minimum Gasteiger partial charge on any atom is -0.352 e. The van der Waals surface area contributed by atoms with Gasteiger partial charge < -0.3 is 10.6 Å². The van der Waals surface area contributed by atoms with Gasteiger partial charge in [0.15, 0.2) is 0 Å². The van der Waals surface area contributed by atoms with E-state index in [9.17, 15) is 9.59 Å². The van der Waals surface area contributed by atoms with E-state index in [0.717, 1.165) is 16.5 Å². The van der Waals surface area contributed by atoms with E-state index in [-0.39, 0.29) is 24.8 Å². The molecule has 0 unspecified atom stereocenters. The molecule has 1 aromatic heterocycles. The summed E-state index contributed by atoms with van der Waals surface area (Å²) in [5, 5.41) is 11.7. The predicted octanol–water partition coefficient (Wildman–Crippen LogP) is 3.18. The Morgan fingerprint density at radius 1 is 0.931 bits per heavy atom. The van der Waals surface area contributed by atoms with Gasteiger partial charge in [-0.25, -0.2) is 9.67 Å². The molecule has 0 radical (unpaired) electrons. The van der Waals surface area contributed by atoms with E-state index < -0.39 is 0 Å². The summed E-state index contributed by atoms with van der Waals surface area (Å²) >= 11 is 0. The molecule has 3 aromatic carbocycles. The van der Waals surface area contributed by atoms with Gasteiger partial charge in [-0.05, 0) is 47.2 Å². The first kappa shape index (κ1) is 18.4. The molecule has 0 fully saturated rings. The van der Waals surface area contributed by atoms with Crippen LogP contribution in [0.3, 0.4) is 0 Å². The number of fused-ring (bicyclic) bond motifs is 1. The Kier molecular flexibility index (Phi) is 5.29. The van der Waals surface area contributed by atoms with Crippen LogP contribution in [0.25, 0.3) is 16.5 Å². The number of carbonyl (C=O) groups is 2. The zero-order chi connectivity index (χ0) is 20.1. The third-order valence-corrected chi connectivity index (χ3v) is 4.48. The van der Waals surface area contributed by atoms with Crippen molar-refractivity contribution in [1.29, 1.82) is 0 Å². The van der Waals surface area contributed by atoms with Gasteiger partial charge in [0.1, 0.15) is 12.7 Å². The molecular weight excluding hydrogens is 366 g/mol. The molecule has 1 heterocycles. The fourth-order valence-electron chi connectivity index (χ4n) is 2.98. The van der Waals surface area contributed by atoms with Crippen molar-refractivity contribution in [3.63, 3.8) is 0 Å². The van der Waals surface area contributed by atoms with E-state index in [2.05, 4.69) is 20.7 Å². The highest BCUT2D eigenvalue weighted by atomic mass is 16.2. The second kappa shape index (κ2) is 8.35. The Morgan fingerprint density at radius 3 is 2.48 bits per heavy atom. The summed E-state index contributed by atoms with van der Waals surface area (Å²) in [5.41, 5.74) is 2.11. The van der Waals surface area contributed by atoms with E-state index in [1.54, 1.807) is 29.2 Å². The van der Waals surface area contributed by atoms with Crippen LogP contribution < -0.4 is 10.6 Å². The number of nitrogens with one attached hydrogen (secondary N) is 2. The minimum absolute atomic E-state index is 0.169. The number of rotatable bonds is 6. The van der Waals surface area contributed by atoms with Crippen LogP contribution >= 0.6 is 0 Å². The van der Waals surface area contributed by atoms with E-state index >= 15 is 0 Å². The smallest absolute Gasteiger partial charge is 0.251 e. The largest absolute Gasteiger partial charge is 0.352 e. The monoisotopic (exact) mass is 385 g/mol. The van der Waals surface area contributed by atoms with Crippen molar-refractivity contribution in [1.82, 2.24) is 20.1 Å². The van der Waals surface area contributed by atoms with Crippen LogP contribution in [0.4, 0.5) is 5.69 Å². The van der Waals surface area contributed by atoms with Crippen LogP contribution in [0.15, 0.2) is 79.4 Å². The Labute approximate surface area is 167 Å². The van der Waals surface area contributed by atoms with Gasteiger partial charge in [0, 0.05) is 24.2 Å². The summed E-state index contributed by atoms with van der Waals surface area (Å²) in [6.45, 7) is 0.258. The number of nitrogens with zero attached hydrogens (tertiary/aromatic N) is 3. The van der Waals surface area contributed by atoms with Crippen LogP contribution in [-0.4, -0.2) is 33.1 Å². The fourth-order valence-corrected chi connectivity index (χ4v) is 2.98. The van der Waals surface area contributed by atoms with Gasteiger partial charge >= 0.3 is 0 Å². The fraction of sp³-hybridized carbons (Fsp3) is 0.0909. The number of hydrogen-bond donors (Lipinski definition) is 2. The lowest BCUT2D eigenvalue weighted by atomic mass is 10.1. The first-order chi connectivity index (χ1) is 14.2. The molecule has 0 bridgehead atoms. The average molecular weight is 385 g/mol. The van der Waals surface area contributed by atoms with Gasteiger partial charge in [-0.15, -0.1) is 0 Å². The van der Waals surface area contributed by atoms with Gasteiger partial charge in [-0.3, -0.25) is 9.59 Å². The van der Waals surface area contributed by atoms with Gasteiger partial charge in [0.2, 0.25) is 5.91 Å². The molecule has 0 aliphatic rings. The summed E-state index contributed by atoms with van der Waals surface area (Å²) < 4.78 is 1.63. The minimum atomic E-state index is -0.194. The summed E-state index contributed by atoms with van der Waals surface area (Å²) in [6.07, 6.45) is 3.25. The van der Waals surface area contributed by atoms with Gasteiger partial charge in [0.05, 0.1) is 5.69 Å². The molecule has 0 aliphatic carbocycles. The first-order valence-electron chi connectivity index (χ1n) is 9.21. The highest BCUT2D eigenvalue weighted by Gasteiger charge is 2.08. The van der Waals surface area contributed by atoms with Crippen LogP contribution in [0, 0.1) is 0 Å². The Hall–Kier alpha value is -4.00. The normalized spacial score (nSPS) is 10.6. The van der Waals surface area contributed by atoms with Crippen LogP contribution in [0.2, 0.25) is 0 Å². The number of amides is 2. The summed E-state index contributed by atoms with van der Waals surface area (Å²) in [7, 11) is 0. The van der Waals surface area contributed by atoms with Crippen LogP contribution in [0.1, 0.15) is 16.8 Å². The Balaban J connectivity index is 1.27. The van der Waals surface area contributed by atoms with Gasteiger partial charge in [-0.2, -0.15) is 5.10 Å². The van der Waals surface area contributed by atoms with Crippen molar-refractivity contribution in [2.45, 2.75) is 6.42 Å². The molecule has 2 amide bonds. The second-order valence-corrected chi connectivity index (χ2v) is 6.50. The van der Waals surface area contributed by atoms with Gasteiger partial charge in [0.25, 0.3) is 5.91 Å². The second-order valence-electron chi connectivity index (χ2n) is 6.50. The van der Waals surface area contributed by atoms with Crippen molar-refractivity contribution in [3.05, 3.63) is 84.9 Å². The van der Waals surface area contributed by atoms with Crippen LogP contribution in [0.5, 0.6) is 0 Å². The topological polar surface area (TPSA) is 88.9 Å². The lowest BCUT2D eigenvalue weighted by molar-refractivity contribution is -0.116.